The zero-order valence-electron chi connectivity index (χ0n) is 9.41. The predicted molar refractivity (Wildman–Crippen MR) is 61.7 cm³/mol. The van der Waals surface area contributed by atoms with E-state index >= 15 is 0 Å². The van der Waals surface area contributed by atoms with Gasteiger partial charge in [-0.15, -0.1) is 0 Å². The van der Waals surface area contributed by atoms with E-state index in [9.17, 15) is 9.59 Å². The van der Waals surface area contributed by atoms with E-state index in [0.717, 1.165) is 35.8 Å². The van der Waals surface area contributed by atoms with Gasteiger partial charge in [0.25, 0.3) is 0 Å². The third-order valence-corrected chi connectivity index (χ3v) is 4.01. The third-order valence-electron chi connectivity index (χ3n) is 4.01. The molecule has 4 rings (SSSR count). The first-order valence-electron chi connectivity index (χ1n) is 6.03. The number of allylic oxidation sites excluding steroid dienone is 4. The Morgan fingerprint density at radius 2 is 1.71 bits per heavy atom. The second-order valence-corrected chi connectivity index (χ2v) is 4.93. The van der Waals surface area contributed by atoms with E-state index in [1.54, 1.807) is 0 Å². The maximum absolute atomic E-state index is 9.92. The third kappa shape index (κ3) is 1.86. The van der Waals surface area contributed by atoms with Gasteiger partial charge in [-0.3, -0.25) is 0 Å². The monoisotopic (exact) mass is 230 g/mol. The summed E-state index contributed by atoms with van der Waals surface area (Å²) < 4.78 is 3.97. The highest BCUT2D eigenvalue weighted by Crippen LogP contribution is 2.52. The lowest BCUT2D eigenvalue weighted by atomic mass is 9.86. The molecular formula is C14H14O3. The molecule has 0 saturated heterocycles. The minimum Gasteiger partial charge on any atom is -0.387 e. The van der Waals surface area contributed by atoms with Crippen LogP contribution < -0.4 is 0 Å². The molecule has 0 spiro atoms. The molecule has 0 aromatic carbocycles. The van der Waals surface area contributed by atoms with Gasteiger partial charge in [-0.05, 0) is 36.5 Å². The molecule has 1 heterocycles. The maximum Gasteiger partial charge on any atom is 0.338 e. The van der Waals surface area contributed by atoms with Crippen molar-refractivity contribution in [2.45, 2.75) is 12.8 Å². The predicted octanol–water partition coefficient (Wildman–Crippen LogP) is 2.01. The molecule has 88 valence electrons. The van der Waals surface area contributed by atoms with Gasteiger partial charge in [-0.2, -0.15) is 0 Å². The molecule has 3 heteroatoms. The van der Waals surface area contributed by atoms with Crippen molar-refractivity contribution in [2.24, 2.45) is 23.7 Å². The zero-order chi connectivity index (χ0) is 11.8. The number of cyclic esters (lactones) is 2. The molecule has 1 aliphatic heterocycles. The van der Waals surface area contributed by atoms with Crippen LogP contribution in [0.15, 0.2) is 36.5 Å². The summed E-state index contributed by atoms with van der Waals surface area (Å²) in [5, 5.41) is 0. The Balaban J connectivity index is 0.000000115. The number of fused-ring (bicyclic) bond motifs is 5. The number of ether oxygens (including phenoxy) is 1. The minimum atomic E-state index is -0.579. The Hall–Kier alpha value is -1.64. The summed E-state index contributed by atoms with van der Waals surface area (Å²) in [6.07, 6.45) is 14.7. The Labute approximate surface area is 99.8 Å². The second-order valence-electron chi connectivity index (χ2n) is 4.93. The summed E-state index contributed by atoms with van der Waals surface area (Å²) in [6.45, 7) is 0. The Bertz CT molecular complexity index is 428. The number of esters is 2. The normalized spacial score (nSPS) is 39.3. The highest BCUT2D eigenvalue weighted by molar-refractivity contribution is 6.04. The average Bonchev–Trinajstić information content (AvgIpc) is 2.99. The van der Waals surface area contributed by atoms with Crippen LogP contribution in [0.1, 0.15) is 12.8 Å². The molecule has 2 bridgehead atoms. The van der Waals surface area contributed by atoms with Crippen LogP contribution in [0.5, 0.6) is 0 Å². The largest absolute Gasteiger partial charge is 0.387 e. The van der Waals surface area contributed by atoms with Crippen molar-refractivity contribution in [1.29, 1.82) is 0 Å². The smallest absolute Gasteiger partial charge is 0.338 e. The number of hydrogen-bond acceptors (Lipinski definition) is 3. The van der Waals surface area contributed by atoms with Crippen LogP contribution >= 0.6 is 0 Å². The molecule has 0 aromatic rings. The number of rotatable bonds is 0. The molecule has 4 unspecified atom stereocenters. The van der Waals surface area contributed by atoms with E-state index < -0.39 is 11.9 Å². The molecule has 1 saturated carbocycles. The second kappa shape index (κ2) is 3.99. The van der Waals surface area contributed by atoms with Gasteiger partial charge in [0, 0.05) is 12.2 Å². The van der Waals surface area contributed by atoms with E-state index in [0.29, 0.717) is 0 Å². The average molecular weight is 230 g/mol. The SMILES string of the molecule is C1=CC2C3C=CC(C3)C2C1.O=C1C=CC(=O)O1. The van der Waals surface area contributed by atoms with E-state index in [1.165, 1.54) is 12.8 Å². The summed E-state index contributed by atoms with van der Waals surface area (Å²) >= 11 is 0. The molecule has 0 amide bonds. The molecule has 4 atom stereocenters. The topological polar surface area (TPSA) is 43.4 Å². The van der Waals surface area contributed by atoms with Crippen molar-refractivity contribution in [1.82, 2.24) is 0 Å². The summed E-state index contributed by atoms with van der Waals surface area (Å²) in [5.74, 6) is 2.67. The lowest BCUT2D eigenvalue weighted by Gasteiger charge is -2.18. The van der Waals surface area contributed by atoms with Crippen LogP contribution in [0.4, 0.5) is 0 Å². The van der Waals surface area contributed by atoms with Crippen molar-refractivity contribution >= 4 is 11.9 Å². The number of hydrogen-bond donors (Lipinski definition) is 0. The molecule has 0 aromatic heterocycles. The zero-order valence-corrected chi connectivity index (χ0v) is 9.41. The lowest BCUT2D eigenvalue weighted by molar-refractivity contribution is -0.150. The van der Waals surface area contributed by atoms with Gasteiger partial charge in [0.2, 0.25) is 0 Å². The Morgan fingerprint density at radius 1 is 1.00 bits per heavy atom. The summed E-state index contributed by atoms with van der Waals surface area (Å²) in [6, 6.07) is 0. The molecule has 17 heavy (non-hydrogen) atoms. The molecule has 3 nitrogen and oxygen atoms in total. The Morgan fingerprint density at radius 3 is 2.29 bits per heavy atom. The fourth-order valence-electron chi connectivity index (χ4n) is 3.28. The van der Waals surface area contributed by atoms with Gasteiger partial charge < -0.3 is 4.74 Å². The molecule has 3 aliphatic carbocycles. The van der Waals surface area contributed by atoms with E-state index in [1.807, 2.05) is 0 Å². The first-order chi connectivity index (χ1) is 8.24. The molecule has 0 radical (unpaired) electrons. The minimum absolute atomic E-state index is 0.579. The molecule has 0 N–H and O–H groups in total. The van der Waals surface area contributed by atoms with Crippen molar-refractivity contribution in [3.8, 4) is 0 Å². The summed E-state index contributed by atoms with van der Waals surface area (Å²) in [4.78, 5) is 19.8. The van der Waals surface area contributed by atoms with Crippen molar-refractivity contribution in [3.63, 3.8) is 0 Å². The van der Waals surface area contributed by atoms with Crippen LogP contribution in [0.3, 0.4) is 0 Å². The molecule has 4 aliphatic rings. The van der Waals surface area contributed by atoms with Crippen LogP contribution in [0.2, 0.25) is 0 Å². The van der Waals surface area contributed by atoms with Gasteiger partial charge in [-0.1, -0.05) is 24.3 Å². The van der Waals surface area contributed by atoms with Crippen molar-refractivity contribution in [2.75, 3.05) is 0 Å². The van der Waals surface area contributed by atoms with Crippen LogP contribution in [0, 0.1) is 23.7 Å². The van der Waals surface area contributed by atoms with Gasteiger partial charge in [0.15, 0.2) is 0 Å². The fourth-order valence-corrected chi connectivity index (χ4v) is 3.28. The van der Waals surface area contributed by atoms with Gasteiger partial charge in [-0.25, -0.2) is 9.59 Å². The van der Waals surface area contributed by atoms with E-state index in [-0.39, 0.29) is 0 Å². The van der Waals surface area contributed by atoms with Crippen LogP contribution in [-0.4, -0.2) is 11.9 Å². The van der Waals surface area contributed by atoms with Crippen LogP contribution in [0.25, 0.3) is 0 Å². The highest BCUT2D eigenvalue weighted by Gasteiger charge is 2.44. The summed E-state index contributed by atoms with van der Waals surface area (Å²) in [7, 11) is 0. The number of carbonyl (C=O) groups excluding carboxylic acids is 2. The molecular weight excluding hydrogens is 216 g/mol. The molecule has 1 fully saturated rings. The van der Waals surface area contributed by atoms with Gasteiger partial charge in [0.1, 0.15) is 0 Å². The van der Waals surface area contributed by atoms with Crippen LogP contribution in [-0.2, 0) is 14.3 Å². The fraction of sp³-hybridized carbons (Fsp3) is 0.429. The summed E-state index contributed by atoms with van der Waals surface area (Å²) in [5.41, 5.74) is 0. The van der Waals surface area contributed by atoms with Gasteiger partial charge in [0.05, 0.1) is 0 Å². The standard InChI is InChI=1S/C10H12.C4H2O3/c1-2-9-7-4-5-8(6-7)10(9)3-1;5-3-1-2-4(6)7-3/h1-2,4-5,7-10H,3,6H2;1-2H. The van der Waals surface area contributed by atoms with Crippen molar-refractivity contribution in [3.05, 3.63) is 36.5 Å². The maximum atomic E-state index is 9.92. The van der Waals surface area contributed by atoms with Gasteiger partial charge >= 0.3 is 11.9 Å². The quantitative estimate of drug-likeness (QED) is 0.363. The highest BCUT2D eigenvalue weighted by atomic mass is 16.6. The first-order valence-corrected chi connectivity index (χ1v) is 6.03. The Kier molecular flexibility index (Phi) is 2.46. The van der Waals surface area contributed by atoms with E-state index in [4.69, 9.17) is 0 Å². The lowest BCUT2D eigenvalue weighted by Crippen LogP contribution is -2.12. The van der Waals surface area contributed by atoms with Crippen molar-refractivity contribution < 1.29 is 14.3 Å². The van der Waals surface area contributed by atoms with E-state index in [2.05, 4.69) is 29.0 Å². The number of carbonyl (C=O) groups is 2. The first kappa shape index (κ1) is 10.5.